The molecule has 0 aromatic heterocycles. The third-order valence-corrected chi connectivity index (χ3v) is 3.82. The number of carboxylic acid groups (broad SMARTS) is 1. The monoisotopic (exact) mass is 372 g/mol. The predicted octanol–water partition coefficient (Wildman–Crippen LogP) is 1.83. The van der Waals surface area contributed by atoms with Crippen LogP contribution in [0.1, 0.15) is 11.1 Å². The van der Waals surface area contributed by atoms with Crippen molar-refractivity contribution >= 4 is 23.1 Å². The Kier molecular flexibility index (Phi) is 4.12. The Morgan fingerprint density at radius 1 is 0.815 bits per heavy atom. The van der Waals surface area contributed by atoms with Crippen molar-refractivity contribution in [3.63, 3.8) is 0 Å². The lowest BCUT2D eigenvalue weighted by atomic mass is 10.0. The zero-order chi connectivity index (χ0) is 19.9. The van der Waals surface area contributed by atoms with Gasteiger partial charge in [0, 0.05) is 0 Å². The summed E-state index contributed by atoms with van der Waals surface area (Å²) in [6.45, 7) is 0. The van der Waals surface area contributed by atoms with Gasteiger partial charge in [0.1, 0.15) is 11.1 Å². The largest absolute Gasteiger partial charge is 0.504 e. The van der Waals surface area contributed by atoms with E-state index < -0.39 is 57.6 Å². The van der Waals surface area contributed by atoms with Gasteiger partial charge < -0.3 is 35.4 Å². The summed E-state index contributed by atoms with van der Waals surface area (Å²) in [6, 6.07) is 6.41. The van der Waals surface area contributed by atoms with Crippen LogP contribution in [0.25, 0.3) is 11.1 Å². The van der Waals surface area contributed by atoms with Gasteiger partial charge in [0.2, 0.25) is 0 Å². The molecule has 0 bridgehead atoms. The summed E-state index contributed by atoms with van der Waals surface area (Å²) in [5.41, 5.74) is -1.20. The number of phenolic OH excluding ortho intramolecular Hbond substituents is 4. The first-order valence-corrected chi connectivity index (χ1v) is 7.38. The van der Waals surface area contributed by atoms with Gasteiger partial charge in [-0.3, -0.25) is 0 Å². The standard InChI is InChI=1S/C18H12O9/c19-9-3-1-7(5-11(9)21)13-15(23)16(27-18(13)26)14(17(24)25)8-2-4-10(20)12(22)6-8/h1-6,19-23H,(H,24,25)/b16-14-. The van der Waals surface area contributed by atoms with Crippen LogP contribution < -0.4 is 0 Å². The van der Waals surface area contributed by atoms with Gasteiger partial charge in [-0.25, -0.2) is 9.59 Å². The number of hydrogen-bond donors (Lipinski definition) is 6. The van der Waals surface area contributed by atoms with Crippen LogP contribution in [-0.2, 0) is 14.3 Å². The molecule has 0 atom stereocenters. The van der Waals surface area contributed by atoms with Gasteiger partial charge in [0.05, 0.1) is 0 Å². The molecule has 9 nitrogen and oxygen atoms in total. The number of carbonyl (C=O) groups is 2. The Morgan fingerprint density at radius 3 is 1.96 bits per heavy atom. The van der Waals surface area contributed by atoms with E-state index in [9.17, 15) is 40.2 Å². The molecule has 1 heterocycles. The minimum absolute atomic E-state index is 0.0129. The quantitative estimate of drug-likeness (QED) is 0.268. The van der Waals surface area contributed by atoms with Gasteiger partial charge in [-0.05, 0) is 35.4 Å². The summed E-state index contributed by atoms with van der Waals surface area (Å²) < 4.78 is 4.91. The Hall–Kier alpha value is -4.14. The molecular formula is C18H12O9. The summed E-state index contributed by atoms with van der Waals surface area (Å²) in [7, 11) is 0. The van der Waals surface area contributed by atoms with E-state index in [1.807, 2.05) is 0 Å². The number of phenols is 4. The van der Waals surface area contributed by atoms with Gasteiger partial charge in [-0.2, -0.15) is 0 Å². The molecule has 9 heteroatoms. The highest BCUT2D eigenvalue weighted by Crippen LogP contribution is 2.39. The SMILES string of the molecule is O=C1O/C(=C(\C(=O)O)c2ccc(O)c(O)c2)C(O)=C1c1ccc(O)c(O)c1. The molecule has 0 spiro atoms. The van der Waals surface area contributed by atoms with E-state index in [2.05, 4.69) is 0 Å². The molecule has 0 amide bonds. The molecule has 1 aliphatic heterocycles. The summed E-state index contributed by atoms with van der Waals surface area (Å²) in [6.07, 6.45) is 0. The van der Waals surface area contributed by atoms with Crippen molar-refractivity contribution in [2.45, 2.75) is 0 Å². The predicted molar refractivity (Wildman–Crippen MR) is 89.7 cm³/mol. The van der Waals surface area contributed by atoms with E-state index >= 15 is 0 Å². The van der Waals surface area contributed by atoms with Crippen LogP contribution in [0.2, 0.25) is 0 Å². The van der Waals surface area contributed by atoms with Crippen LogP contribution in [0.5, 0.6) is 23.0 Å². The number of aliphatic hydroxyl groups excluding tert-OH is 1. The van der Waals surface area contributed by atoms with Gasteiger partial charge in [-0.15, -0.1) is 0 Å². The van der Waals surface area contributed by atoms with Crippen molar-refractivity contribution in [2.24, 2.45) is 0 Å². The van der Waals surface area contributed by atoms with Crippen molar-refractivity contribution in [2.75, 3.05) is 0 Å². The highest BCUT2D eigenvalue weighted by atomic mass is 16.6. The van der Waals surface area contributed by atoms with Crippen molar-refractivity contribution in [3.8, 4) is 23.0 Å². The topological polar surface area (TPSA) is 165 Å². The van der Waals surface area contributed by atoms with Gasteiger partial charge in [0.25, 0.3) is 0 Å². The molecule has 0 radical (unpaired) electrons. The number of carboxylic acids is 1. The molecule has 2 aromatic rings. The summed E-state index contributed by atoms with van der Waals surface area (Å²) in [5, 5.41) is 57.7. The van der Waals surface area contributed by atoms with E-state index in [-0.39, 0.29) is 11.1 Å². The number of esters is 1. The fourth-order valence-corrected chi connectivity index (χ4v) is 2.54. The normalized spacial score (nSPS) is 15.6. The average molecular weight is 372 g/mol. The summed E-state index contributed by atoms with van der Waals surface area (Å²) in [4.78, 5) is 23.8. The maximum Gasteiger partial charge on any atom is 0.348 e. The third kappa shape index (κ3) is 2.97. The number of ether oxygens (including phenoxy) is 1. The lowest BCUT2D eigenvalue weighted by Crippen LogP contribution is -2.06. The van der Waals surface area contributed by atoms with Crippen molar-refractivity contribution in [3.05, 3.63) is 59.0 Å². The van der Waals surface area contributed by atoms with E-state index in [4.69, 9.17) is 4.74 Å². The Balaban J connectivity index is 2.22. The Labute approximate surface area is 150 Å². The average Bonchev–Trinajstić information content (AvgIpc) is 2.88. The lowest BCUT2D eigenvalue weighted by Gasteiger charge is -2.08. The molecule has 0 saturated heterocycles. The first-order valence-electron chi connectivity index (χ1n) is 7.38. The Bertz CT molecular complexity index is 1050. The molecule has 0 saturated carbocycles. The summed E-state index contributed by atoms with van der Waals surface area (Å²) >= 11 is 0. The van der Waals surface area contributed by atoms with Gasteiger partial charge in [-0.1, -0.05) is 12.1 Å². The van der Waals surface area contributed by atoms with Gasteiger partial charge in [0.15, 0.2) is 34.5 Å². The van der Waals surface area contributed by atoms with Crippen LogP contribution >= 0.6 is 0 Å². The van der Waals surface area contributed by atoms with Crippen LogP contribution in [0.4, 0.5) is 0 Å². The van der Waals surface area contributed by atoms with Crippen molar-refractivity contribution in [1.82, 2.24) is 0 Å². The molecule has 0 fully saturated rings. The van der Waals surface area contributed by atoms with Crippen LogP contribution in [0, 0.1) is 0 Å². The molecule has 0 aliphatic carbocycles. The van der Waals surface area contributed by atoms with Gasteiger partial charge >= 0.3 is 11.9 Å². The van der Waals surface area contributed by atoms with E-state index in [1.165, 1.54) is 6.07 Å². The number of aliphatic hydroxyl groups is 1. The van der Waals surface area contributed by atoms with E-state index in [0.717, 1.165) is 30.3 Å². The number of hydrogen-bond acceptors (Lipinski definition) is 8. The smallest absolute Gasteiger partial charge is 0.348 e. The van der Waals surface area contributed by atoms with Crippen molar-refractivity contribution in [1.29, 1.82) is 0 Å². The second-order valence-electron chi connectivity index (χ2n) is 5.53. The van der Waals surface area contributed by atoms with Crippen LogP contribution in [0.15, 0.2) is 47.9 Å². The maximum atomic E-state index is 12.2. The third-order valence-electron chi connectivity index (χ3n) is 3.82. The molecule has 2 aromatic carbocycles. The highest BCUT2D eigenvalue weighted by molar-refractivity contribution is 6.25. The molecule has 0 unspecified atom stereocenters. The van der Waals surface area contributed by atoms with Crippen LogP contribution in [-0.4, -0.2) is 42.6 Å². The first kappa shape index (κ1) is 17.7. The summed E-state index contributed by atoms with van der Waals surface area (Å²) in [5.74, 6) is -6.21. The maximum absolute atomic E-state index is 12.2. The number of aromatic hydroxyl groups is 4. The number of rotatable bonds is 3. The minimum Gasteiger partial charge on any atom is -0.504 e. The lowest BCUT2D eigenvalue weighted by molar-refractivity contribution is -0.131. The van der Waals surface area contributed by atoms with Crippen molar-refractivity contribution < 1.29 is 45.0 Å². The molecule has 138 valence electrons. The van der Waals surface area contributed by atoms with E-state index in [1.54, 1.807) is 0 Å². The molecule has 1 aliphatic rings. The molecular weight excluding hydrogens is 360 g/mol. The zero-order valence-corrected chi connectivity index (χ0v) is 13.4. The highest BCUT2D eigenvalue weighted by Gasteiger charge is 2.36. The Morgan fingerprint density at radius 2 is 1.41 bits per heavy atom. The number of benzene rings is 2. The molecule has 27 heavy (non-hydrogen) atoms. The second kappa shape index (κ2) is 6.30. The number of cyclic esters (lactones) is 1. The fraction of sp³-hybridized carbons (Fsp3) is 0. The first-order chi connectivity index (χ1) is 12.7. The second-order valence-corrected chi connectivity index (χ2v) is 5.53. The zero-order valence-electron chi connectivity index (χ0n) is 13.4. The molecule has 6 N–H and O–H groups in total. The van der Waals surface area contributed by atoms with Crippen LogP contribution in [0.3, 0.4) is 0 Å². The van der Waals surface area contributed by atoms with E-state index in [0.29, 0.717) is 0 Å². The minimum atomic E-state index is -1.57. The fourth-order valence-electron chi connectivity index (χ4n) is 2.54. The number of carbonyl (C=O) groups excluding carboxylic acids is 1. The number of aliphatic carboxylic acids is 1. The molecule has 3 rings (SSSR count).